The largest absolute Gasteiger partial charge is 0.463 e. The summed E-state index contributed by atoms with van der Waals surface area (Å²) in [4.78, 5) is 28.9. The molecule has 8 nitrogen and oxygen atoms in total. The Hall–Kier alpha value is -3.94. The van der Waals surface area contributed by atoms with Crippen LogP contribution in [0.25, 0.3) is 22.4 Å². The molecule has 1 fully saturated rings. The van der Waals surface area contributed by atoms with E-state index in [2.05, 4.69) is 15.1 Å². The summed E-state index contributed by atoms with van der Waals surface area (Å²) in [5.41, 5.74) is 0.589. The highest BCUT2D eigenvalue weighted by atomic mass is 16.4. The summed E-state index contributed by atoms with van der Waals surface area (Å²) < 4.78 is 10.6. The first-order valence-corrected chi connectivity index (χ1v) is 9.64. The molecule has 0 N–H and O–H groups in total. The lowest BCUT2D eigenvalue weighted by Gasteiger charge is -2.35. The fourth-order valence-electron chi connectivity index (χ4n) is 3.57. The van der Waals surface area contributed by atoms with Crippen molar-refractivity contribution in [1.29, 1.82) is 0 Å². The number of hydrogen-bond donors (Lipinski definition) is 0. The molecule has 1 amide bonds. The van der Waals surface area contributed by atoms with E-state index in [1.807, 2.05) is 30.3 Å². The predicted molar refractivity (Wildman–Crippen MR) is 110 cm³/mol. The predicted octanol–water partition coefficient (Wildman–Crippen LogP) is 2.81. The van der Waals surface area contributed by atoms with Crippen LogP contribution < -0.4 is 10.5 Å². The molecule has 0 bridgehead atoms. The third-order valence-corrected chi connectivity index (χ3v) is 5.19. The van der Waals surface area contributed by atoms with Gasteiger partial charge in [0.1, 0.15) is 16.8 Å². The first-order valence-electron chi connectivity index (χ1n) is 9.64. The van der Waals surface area contributed by atoms with Gasteiger partial charge in [-0.25, -0.2) is 4.79 Å². The molecule has 0 atom stereocenters. The van der Waals surface area contributed by atoms with E-state index in [4.69, 9.17) is 8.83 Å². The number of benzene rings is 1. The second-order valence-electron chi connectivity index (χ2n) is 7.02. The standard InChI is InChI=1S/C22H18N4O4/c27-21(16-14-15-4-1-2-5-18(15)30-22(16)28)26-11-9-25(10-12-26)20-8-7-17(23-24-20)19-6-3-13-29-19/h1-8,13-14H,9-12H2. The first kappa shape index (κ1) is 18.1. The number of carbonyl (C=O) groups is 1. The van der Waals surface area contributed by atoms with E-state index in [9.17, 15) is 9.59 Å². The Morgan fingerprint density at radius 1 is 0.933 bits per heavy atom. The van der Waals surface area contributed by atoms with Crippen LogP contribution in [0.2, 0.25) is 0 Å². The van der Waals surface area contributed by atoms with Crippen LogP contribution >= 0.6 is 0 Å². The summed E-state index contributed by atoms with van der Waals surface area (Å²) in [5, 5.41) is 9.23. The second kappa shape index (κ2) is 7.47. The molecule has 30 heavy (non-hydrogen) atoms. The lowest BCUT2D eigenvalue weighted by molar-refractivity contribution is 0.0742. The van der Waals surface area contributed by atoms with Gasteiger partial charge in [-0.1, -0.05) is 18.2 Å². The summed E-state index contributed by atoms with van der Waals surface area (Å²) >= 11 is 0. The van der Waals surface area contributed by atoms with Crippen LogP contribution in [0.4, 0.5) is 5.82 Å². The number of furan rings is 1. The normalized spacial score (nSPS) is 14.3. The van der Waals surface area contributed by atoms with Crippen LogP contribution in [0.3, 0.4) is 0 Å². The van der Waals surface area contributed by atoms with E-state index in [-0.39, 0.29) is 11.5 Å². The van der Waals surface area contributed by atoms with Crippen molar-refractivity contribution in [2.24, 2.45) is 0 Å². The number of hydrogen-bond acceptors (Lipinski definition) is 7. The molecule has 0 unspecified atom stereocenters. The number of piperazine rings is 1. The van der Waals surface area contributed by atoms with Gasteiger partial charge in [-0.3, -0.25) is 4.79 Å². The lowest BCUT2D eigenvalue weighted by atomic mass is 10.1. The fraction of sp³-hybridized carbons (Fsp3) is 0.182. The maximum Gasteiger partial charge on any atom is 0.349 e. The van der Waals surface area contributed by atoms with Crippen LogP contribution in [0.1, 0.15) is 10.4 Å². The second-order valence-corrected chi connectivity index (χ2v) is 7.02. The quantitative estimate of drug-likeness (QED) is 0.487. The molecule has 1 aliphatic rings. The Kier molecular flexibility index (Phi) is 4.51. The molecular formula is C22H18N4O4. The third-order valence-electron chi connectivity index (χ3n) is 5.19. The van der Waals surface area contributed by atoms with Crippen LogP contribution in [0.5, 0.6) is 0 Å². The van der Waals surface area contributed by atoms with Crippen molar-refractivity contribution in [2.45, 2.75) is 0 Å². The van der Waals surface area contributed by atoms with E-state index in [0.717, 1.165) is 11.2 Å². The molecule has 1 aliphatic heterocycles. The number of amides is 1. The number of nitrogens with zero attached hydrogens (tertiary/aromatic N) is 4. The van der Waals surface area contributed by atoms with Gasteiger partial charge in [-0.05, 0) is 36.4 Å². The van der Waals surface area contributed by atoms with Crippen molar-refractivity contribution >= 4 is 22.7 Å². The lowest BCUT2D eigenvalue weighted by Crippen LogP contribution is -2.49. The molecule has 150 valence electrons. The molecule has 5 rings (SSSR count). The third kappa shape index (κ3) is 3.32. The molecule has 0 aliphatic carbocycles. The van der Waals surface area contributed by atoms with Gasteiger partial charge >= 0.3 is 5.63 Å². The highest BCUT2D eigenvalue weighted by molar-refractivity contribution is 5.96. The summed E-state index contributed by atoms with van der Waals surface area (Å²) in [6.45, 7) is 2.15. The van der Waals surface area contributed by atoms with Crippen molar-refractivity contribution in [2.75, 3.05) is 31.1 Å². The molecular weight excluding hydrogens is 384 g/mol. The molecule has 3 aromatic heterocycles. The fourth-order valence-corrected chi connectivity index (χ4v) is 3.57. The monoisotopic (exact) mass is 402 g/mol. The first-order chi connectivity index (χ1) is 14.7. The van der Waals surface area contributed by atoms with E-state index in [1.54, 1.807) is 35.4 Å². The summed E-state index contributed by atoms with van der Waals surface area (Å²) in [5.74, 6) is 1.09. The number of fused-ring (bicyclic) bond motifs is 1. The molecule has 8 heteroatoms. The zero-order valence-corrected chi connectivity index (χ0v) is 16.0. The minimum atomic E-state index is -0.611. The summed E-state index contributed by atoms with van der Waals surface area (Å²) in [7, 11) is 0. The van der Waals surface area contributed by atoms with Gasteiger partial charge in [-0.2, -0.15) is 0 Å². The zero-order valence-electron chi connectivity index (χ0n) is 16.0. The van der Waals surface area contributed by atoms with Gasteiger partial charge in [0, 0.05) is 31.6 Å². The van der Waals surface area contributed by atoms with Gasteiger partial charge in [0.15, 0.2) is 11.6 Å². The maximum absolute atomic E-state index is 12.9. The SMILES string of the molecule is O=C(c1cc2ccccc2oc1=O)N1CCN(c2ccc(-c3ccco3)nn2)CC1. The number of para-hydroxylation sites is 1. The van der Waals surface area contributed by atoms with Crippen molar-refractivity contribution in [3.05, 3.63) is 76.8 Å². The van der Waals surface area contributed by atoms with Crippen LogP contribution in [-0.2, 0) is 0 Å². The van der Waals surface area contributed by atoms with E-state index < -0.39 is 5.63 Å². The minimum Gasteiger partial charge on any atom is -0.463 e. The van der Waals surface area contributed by atoms with Gasteiger partial charge in [0.25, 0.3) is 5.91 Å². The Morgan fingerprint density at radius 3 is 2.50 bits per heavy atom. The highest BCUT2D eigenvalue weighted by Gasteiger charge is 2.25. The molecule has 0 spiro atoms. The Labute approximate surface area is 171 Å². The Morgan fingerprint density at radius 2 is 1.77 bits per heavy atom. The van der Waals surface area contributed by atoms with Crippen LogP contribution in [0, 0.1) is 0 Å². The molecule has 4 heterocycles. The van der Waals surface area contributed by atoms with Crippen molar-refractivity contribution in [3.63, 3.8) is 0 Å². The number of anilines is 1. The smallest absolute Gasteiger partial charge is 0.349 e. The van der Waals surface area contributed by atoms with Crippen LogP contribution in [-0.4, -0.2) is 47.2 Å². The molecule has 1 saturated heterocycles. The average Bonchev–Trinajstić information content (AvgIpc) is 3.33. The molecule has 4 aromatic rings. The number of aromatic nitrogens is 2. The molecule has 1 aromatic carbocycles. The number of carbonyl (C=O) groups excluding carboxylic acids is 1. The molecule has 0 saturated carbocycles. The van der Waals surface area contributed by atoms with Crippen molar-refractivity contribution in [3.8, 4) is 11.5 Å². The van der Waals surface area contributed by atoms with Gasteiger partial charge < -0.3 is 18.6 Å². The minimum absolute atomic E-state index is 0.0599. The van der Waals surface area contributed by atoms with Crippen molar-refractivity contribution < 1.29 is 13.6 Å². The van der Waals surface area contributed by atoms with Crippen LogP contribution in [0.15, 0.2) is 74.5 Å². The topological polar surface area (TPSA) is 92.7 Å². The zero-order chi connectivity index (χ0) is 20.5. The van der Waals surface area contributed by atoms with Gasteiger partial charge in [0.05, 0.1) is 6.26 Å². The molecule has 0 radical (unpaired) electrons. The average molecular weight is 402 g/mol. The highest BCUT2D eigenvalue weighted by Crippen LogP contribution is 2.20. The van der Waals surface area contributed by atoms with Gasteiger partial charge in [0.2, 0.25) is 0 Å². The van der Waals surface area contributed by atoms with E-state index in [1.165, 1.54) is 0 Å². The number of rotatable bonds is 3. The van der Waals surface area contributed by atoms with E-state index >= 15 is 0 Å². The summed E-state index contributed by atoms with van der Waals surface area (Å²) in [6.07, 6.45) is 1.59. The Balaban J connectivity index is 1.28. The Bertz CT molecular complexity index is 1240. The van der Waals surface area contributed by atoms with Gasteiger partial charge in [-0.15, -0.1) is 10.2 Å². The van der Waals surface area contributed by atoms with Crippen molar-refractivity contribution in [1.82, 2.24) is 15.1 Å². The summed E-state index contributed by atoms with van der Waals surface area (Å²) in [6, 6.07) is 16.1. The maximum atomic E-state index is 12.9. The van der Waals surface area contributed by atoms with E-state index in [0.29, 0.717) is 43.2 Å².